The molecule has 2 heterocycles. The van der Waals surface area contributed by atoms with Gasteiger partial charge in [-0.2, -0.15) is 5.26 Å². The van der Waals surface area contributed by atoms with Crippen molar-refractivity contribution in [3.63, 3.8) is 0 Å². The van der Waals surface area contributed by atoms with Crippen LogP contribution < -0.4 is 5.32 Å². The molecule has 4 aromatic rings. The van der Waals surface area contributed by atoms with Crippen molar-refractivity contribution in [1.82, 2.24) is 15.3 Å². The minimum atomic E-state index is -0.277. The van der Waals surface area contributed by atoms with Gasteiger partial charge in [0.15, 0.2) is 0 Å². The van der Waals surface area contributed by atoms with Gasteiger partial charge in [0.25, 0.3) is 5.91 Å². The van der Waals surface area contributed by atoms with Crippen LogP contribution in [0.5, 0.6) is 0 Å². The fourth-order valence-electron chi connectivity index (χ4n) is 5.08. The molecule has 2 aromatic carbocycles. The number of carbonyl (C=O) groups is 1. The molecule has 7 heteroatoms. The SMILES string of the molecule is C[C@@H](NC(=O)c1ccc(-c2ncc(C#N)s2)cc1)C1CCC(c2ccnc3c(F)cccc23)CC1. The maximum absolute atomic E-state index is 14.2. The van der Waals surface area contributed by atoms with Crippen molar-refractivity contribution in [1.29, 1.82) is 5.26 Å². The fourth-order valence-corrected chi connectivity index (χ4v) is 5.80. The van der Waals surface area contributed by atoms with Gasteiger partial charge < -0.3 is 5.32 Å². The van der Waals surface area contributed by atoms with Gasteiger partial charge in [-0.1, -0.05) is 24.3 Å². The van der Waals surface area contributed by atoms with Crippen molar-refractivity contribution in [2.45, 2.75) is 44.6 Å². The monoisotopic (exact) mass is 484 g/mol. The molecule has 35 heavy (non-hydrogen) atoms. The van der Waals surface area contributed by atoms with Crippen molar-refractivity contribution in [3.05, 3.63) is 82.7 Å². The molecule has 2 aromatic heterocycles. The molecule has 0 aliphatic heterocycles. The van der Waals surface area contributed by atoms with E-state index in [1.807, 2.05) is 24.3 Å². The Kier molecular flexibility index (Phi) is 6.56. The van der Waals surface area contributed by atoms with Crippen molar-refractivity contribution >= 4 is 28.1 Å². The summed E-state index contributed by atoms with van der Waals surface area (Å²) in [5.74, 6) is 0.417. The van der Waals surface area contributed by atoms with Crippen molar-refractivity contribution in [2.75, 3.05) is 0 Å². The number of benzene rings is 2. The Hall–Kier alpha value is -3.63. The molecular formula is C28H25FN4OS. The Bertz CT molecular complexity index is 1400. The smallest absolute Gasteiger partial charge is 0.251 e. The van der Waals surface area contributed by atoms with Crippen LogP contribution in [-0.4, -0.2) is 21.9 Å². The largest absolute Gasteiger partial charge is 0.349 e. The second-order valence-corrected chi connectivity index (χ2v) is 10.2. The molecule has 5 rings (SSSR count). The summed E-state index contributed by atoms with van der Waals surface area (Å²) in [7, 11) is 0. The second-order valence-electron chi connectivity index (χ2n) is 9.13. The average Bonchev–Trinajstić information content (AvgIpc) is 3.38. The quantitative estimate of drug-likeness (QED) is 0.352. The topological polar surface area (TPSA) is 78.7 Å². The third kappa shape index (κ3) is 4.80. The first kappa shape index (κ1) is 23.1. The zero-order chi connectivity index (χ0) is 24.4. The van der Waals surface area contributed by atoms with Gasteiger partial charge >= 0.3 is 0 Å². The summed E-state index contributed by atoms with van der Waals surface area (Å²) in [4.78, 5) is 21.9. The van der Waals surface area contributed by atoms with Gasteiger partial charge in [-0.05, 0) is 74.3 Å². The van der Waals surface area contributed by atoms with Gasteiger partial charge in [-0.3, -0.25) is 9.78 Å². The van der Waals surface area contributed by atoms with Crippen LogP contribution in [-0.2, 0) is 0 Å². The lowest BCUT2D eigenvalue weighted by molar-refractivity contribution is 0.0918. The molecular weight excluding hydrogens is 459 g/mol. The number of nitriles is 1. The van der Waals surface area contributed by atoms with Gasteiger partial charge in [0.05, 0.1) is 6.20 Å². The minimum Gasteiger partial charge on any atom is -0.349 e. The normalized spacial score (nSPS) is 18.7. The summed E-state index contributed by atoms with van der Waals surface area (Å²) in [5, 5.41) is 13.8. The molecule has 0 radical (unpaired) electrons. The number of nitrogens with zero attached hydrogens (tertiary/aromatic N) is 3. The standard InChI is InChI=1S/C28H25FN4OS/c1-17(33-27(34)20-9-11-21(12-10-20)28-32-16-22(15-30)35-28)18-5-7-19(8-6-18)23-13-14-31-26-24(23)3-2-4-25(26)29/h2-4,9-14,16-19H,5-8H2,1H3,(H,33,34)/t17-,18?,19?/m1/s1. The van der Waals surface area contributed by atoms with Gasteiger partial charge in [0.2, 0.25) is 0 Å². The maximum Gasteiger partial charge on any atom is 0.251 e. The molecule has 1 aliphatic rings. The van der Waals surface area contributed by atoms with Gasteiger partial charge in [0, 0.05) is 28.8 Å². The van der Waals surface area contributed by atoms with E-state index in [2.05, 4.69) is 28.3 Å². The number of amides is 1. The van der Waals surface area contributed by atoms with E-state index >= 15 is 0 Å². The highest BCUT2D eigenvalue weighted by atomic mass is 32.1. The molecule has 0 unspecified atom stereocenters. The van der Waals surface area contributed by atoms with E-state index < -0.39 is 0 Å². The van der Waals surface area contributed by atoms with E-state index in [1.54, 1.807) is 30.6 Å². The minimum absolute atomic E-state index is 0.0619. The summed E-state index contributed by atoms with van der Waals surface area (Å²) in [6.07, 6.45) is 7.30. The Morgan fingerprint density at radius 2 is 1.89 bits per heavy atom. The van der Waals surface area contributed by atoms with E-state index in [0.29, 0.717) is 27.8 Å². The van der Waals surface area contributed by atoms with Crippen LogP contribution in [0.4, 0.5) is 4.39 Å². The van der Waals surface area contributed by atoms with Crippen LogP contribution in [0.25, 0.3) is 21.5 Å². The zero-order valence-corrected chi connectivity index (χ0v) is 20.2. The molecule has 1 N–H and O–H groups in total. The lowest BCUT2D eigenvalue weighted by Crippen LogP contribution is -2.39. The summed E-state index contributed by atoms with van der Waals surface area (Å²) in [6, 6.07) is 16.7. The van der Waals surface area contributed by atoms with Crippen molar-refractivity contribution in [3.8, 4) is 16.6 Å². The lowest BCUT2D eigenvalue weighted by Gasteiger charge is -2.33. The molecule has 0 spiro atoms. The zero-order valence-electron chi connectivity index (χ0n) is 19.4. The number of pyridine rings is 1. The third-order valence-corrected chi connectivity index (χ3v) is 7.99. The predicted molar refractivity (Wildman–Crippen MR) is 136 cm³/mol. The molecule has 1 atom stereocenters. The predicted octanol–water partition coefficient (Wildman–Crippen LogP) is 6.46. The van der Waals surface area contributed by atoms with Crippen LogP contribution in [0, 0.1) is 23.1 Å². The van der Waals surface area contributed by atoms with E-state index in [1.165, 1.54) is 23.0 Å². The average molecular weight is 485 g/mol. The van der Waals surface area contributed by atoms with Crippen molar-refractivity contribution in [2.24, 2.45) is 5.92 Å². The number of halogens is 1. The highest BCUT2D eigenvalue weighted by molar-refractivity contribution is 7.15. The maximum atomic E-state index is 14.2. The van der Waals surface area contributed by atoms with Gasteiger partial charge in [0.1, 0.15) is 27.3 Å². The number of carbonyl (C=O) groups excluding carboxylic acids is 1. The summed E-state index contributed by atoms with van der Waals surface area (Å²) >= 11 is 1.33. The highest BCUT2D eigenvalue weighted by Gasteiger charge is 2.28. The molecule has 1 amide bonds. The van der Waals surface area contributed by atoms with Crippen LogP contribution in [0.3, 0.4) is 0 Å². The number of thiazole rings is 1. The molecule has 0 bridgehead atoms. The van der Waals surface area contributed by atoms with E-state index in [4.69, 9.17) is 5.26 Å². The summed E-state index contributed by atoms with van der Waals surface area (Å²) < 4.78 is 14.2. The first-order chi connectivity index (χ1) is 17.0. The first-order valence-corrected chi connectivity index (χ1v) is 12.7. The van der Waals surface area contributed by atoms with Crippen LogP contribution in [0.1, 0.15) is 59.3 Å². The lowest BCUT2D eigenvalue weighted by atomic mass is 9.75. The van der Waals surface area contributed by atoms with E-state index in [0.717, 1.165) is 41.6 Å². The Labute approximate surface area is 207 Å². The highest BCUT2D eigenvalue weighted by Crippen LogP contribution is 2.39. The van der Waals surface area contributed by atoms with Crippen LogP contribution >= 0.6 is 11.3 Å². The number of para-hydroxylation sites is 1. The van der Waals surface area contributed by atoms with Gasteiger partial charge in [-0.15, -0.1) is 11.3 Å². The Balaban J connectivity index is 1.19. The number of rotatable bonds is 5. The van der Waals surface area contributed by atoms with Crippen molar-refractivity contribution < 1.29 is 9.18 Å². The summed E-state index contributed by atoms with van der Waals surface area (Å²) in [6.45, 7) is 2.08. The Morgan fingerprint density at radius 3 is 2.60 bits per heavy atom. The van der Waals surface area contributed by atoms with E-state index in [-0.39, 0.29) is 17.8 Å². The molecule has 1 fully saturated rings. The summed E-state index contributed by atoms with van der Waals surface area (Å²) in [5.41, 5.74) is 3.12. The van der Waals surface area contributed by atoms with Crippen LogP contribution in [0.2, 0.25) is 0 Å². The second kappa shape index (κ2) is 9.93. The molecule has 5 nitrogen and oxygen atoms in total. The number of hydrogen-bond donors (Lipinski definition) is 1. The Morgan fingerprint density at radius 1 is 1.11 bits per heavy atom. The van der Waals surface area contributed by atoms with Crippen LogP contribution in [0.15, 0.2) is 60.9 Å². The molecule has 176 valence electrons. The van der Waals surface area contributed by atoms with E-state index in [9.17, 15) is 9.18 Å². The van der Waals surface area contributed by atoms with Gasteiger partial charge in [-0.25, -0.2) is 9.37 Å². The number of fused-ring (bicyclic) bond motifs is 1. The number of nitrogens with one attached hydrogen (secondary N) is 1. The molecule has 1 saturated carbocycles. The fraction of sp³-hybridized carbons (Fsp3) is 0.286. The molecule has 0 saturated heterocycles. The third-order valence-electron chi connectivity index (χ3n) is 7.04. The number of aromatic nitrogens is 2. The number of hydrogen-bond acceptors (Lipinski definition) is 5. The first-order valence-electron chi connectivity index (χ1n) is 11.8. The molecule has 1 aliphatic carbocycles.